The number of aryl methyl sites for hydroxylation is 2. The summed E-state index contributed by atoms with van der Waals surface area (Å²) in [7, 11) is 0. The third-order valence-electron chi connectivity index (χ3n) is 3.61. The Labute approximate surface area is 109 Å². The van der Waals surface area contributed by atoms with Crippen molar-refractivity contribution in [3.05, 3.63) is 66.6 Å². The molecule has 0 atom stereocenters. The minimum absolute atomic E-state index is 0.919. The maximum absolute atomic E-state index is 4.01. The molecule has 1 heteroatoms. The van der Waals surface area contributed by atoms with Crippen molar-refractivity contribution in [2.75, 3.05) is 11.4 Å². The third-order valence-corrected chi connectivity index (χ3v) is 3.61. The minimum Gasteiger partial charge on any atom is -0.341 e. The molecule has 0 N–H and O–H groups in total. The molecule has 1 aliphatic heterocycles. The first-order chi connectivity index (χ1) is 8.90. The van der Waals surface area contributed by atoms with Crippen LogP contribution in [0.4, 0.5) is 11.4 Å². The average molecular weight is 236 g/mol. The highest BCUT2D eigenvalue weighted by Crippen LogP contribution is 2.35. The Bertz CT molecular complexity index is 497. The first-order valence-corrected chi connectivity index (χ1v) is 6.63. The molecular formula is C17H18N. The monoisotopic (exact) mass is 236 g/mol. The van der Waals surface area contributed by atoms with Crippen molar-refractivity contribution in [1.82, 2.24) is 0 Å². The molecule has 3 rings (SSSR count). The third kappa shape index (κ3) is 1.90. The fraction of sp³-hybridized carbons (Fsp3) is 0.235. The van der Waals surface area contributed by atoms with Crippen LogP contribution in [0.2, 0.25) is 0 Å². The zero-order valence-corrected chi connectivity index (χ0v) is 10.6. The predicted octanol–water partition coefficient (Wildman–Crippen LogP) is 4.15. The smallest absolute Gasteiger partial charge is 0.0443 e. The van der Waals surface area contributed by atoms with E-state index < -0.39 is 0 Å². The van der Waals surface area contributed by atoms with Gasteiger partial charge in [-0.05, 0) is 42.5 Å². The van der Waals surface area contributed by atoms with E-state index in [2.05, 4.69) is 60.4 Å². The van der Waals surface area contributed by atoms with Crippen LogP contribution in [0.15, 0.2) is 48.5 Å². The molecule has 0 saturated heterocycles. The summed E-state index contributed by atoms with van der Waals surface area (Å²) < 4.78 is 0. The first kappa shape index (κ1) is 11.3. The lowest BCUT2D eigenvalue weighted by Gasteiger charge is -2.26. The van der Waals surface area contributed by atoms with Crippen LogP contribution in [-0.2, 0) is 12.8 Å². The molecule has 1 nitrogen and oxygen atoms in total. The van der Waals surface area contributed by atoms with Gasteiger partial charge in [-0.2, -0.15) is 0 Å². The van der Waals surface area contributed by atoms with E-state index in [1.165, 1.54) is 22.5 Å². The van der Waals surface area contributed by atoms with Crippen molar-refractivity contribution >= 4 is 11.4 Å². The molecule has 0 spiro atoms. The van der Waals surface area contributed by atoms with Gasteiger partial charge in [0.15, 0.2) is 0 Å². The van der Waals surface area contributed by atoms with Crippen LogP contribution in [0, 0.1) is 6.92 Å². The van der Waals surface area contributed by atoms with E-state index in [9.17, 15) is 0 Å². The van der Waals surface area contributed by atoms with E-state index in [4.69, 9.17) is 0 Å². The van der Waals surface area contributed by atoms with Crippen LogP contribution >= 0.6 is 0 Å². The fourth-order valence-corrected chi connectivity index (χ4v) is 2.77. The van der Waals surface area contributed by atoms with Crippen LogP contribution in [0.5, 0.6) is 0 Å². The van der Waals surface area contributed by atoms with Crippen LogP contribution in [0.3, 0.4) is 0 Å². The number of nitrogens with zero attached hydrogens (tertiary/aromatic N) is 1. The van der Waals surface area contributed by atoms with Crippen molar-refractivity contribution in [2.24, 2.45) is 0 Å². The molecule has 0 aliphatic carbocycles. The first-order valence-electron chi connectivity index (χ1n) is 6.63. The topological polar surface area (TPSA) is 3.24 Å². The van der Waals surface area contributed by atoms with Gasteiger partial charge in [-0.25, -0.2) is 0 Å². The van der Waals surface area contributed by atoms with Crippen molar-refractivity contribution in [1.29, 1.82) is 0 Å². The highest BCUT2D eigenvalue weighted by Gasteiger charge is 2.18. The summed E-state index contributed by atoms with van der Waals surface area (Å²) in [6.45, 7) is 4.99. The Hall–Kier alpha value is -1.76. The van der Waals surface area contributed by atoms with Crippen molar-refractivity contribution in [3.8, 4) is 0 Å². The Morgan fingerprint density at radius 3 is 1.83 bits per heavy atom. The van der Waals surface area contributed by atoms with Gasteiger partial charge in [0, 0.05) is 17.9 Å². The summed E-state index contributed by atoms with van der Waals surface area (Å²) in [6.07, 6.45) is 3.17. The SMILES string of the molecule is [CH2]CCN1c2ccccc2CCc2ccccc21. The summed E-state index contributed by atoms with van der Waals surface area (Å²) >= 11 is 0. The second-order valence-corrected chi connectivity index (χ2v) is 4.76. The molecule has 1 heterocycles. The summed E-state index contributed by atoms with van der Waals surface area (Å²) in [5, 5.41) is 0. The van der Waals surface area contributed by atoms with Gasteiger partial charge in [0.25, 0.3) is 0 Å². The molecule has 91 valence electrons. The largest absolute Gasteiger partial charge is 0.341 e. The lowest BCUT2D eigenvalue weighted by Crippen LogP contribution is -2.19. The van der Waals surface area contributed by atoms with Gasteiger partial charge in [0.1, 0.15) is 0 Å². The fourth-order valence-electron chi connectivity index (χ4n) is 2.77. The molecule has 1 aliphatic rings. The van der Waals surface area contributed by atoms with Gasteiger partial charge < -0.3 is 4.90 Å². The van der Waals surface area contributed by atoms with Crippen molar-refractivity contribution < 1.29 is 0 Å². The van der Waals surface area contributed by atoms with Crippen molar-refractivity contribution in [3.63, 3.8) is 0 Å². The lowest BCUT2D eigenvalue weighted by molar-refractivity contribution is 0.935. The minimum atomic E-state index is 0.919. The Balaban J connectivity index is 2.15. The number of hydrogen-bond acceptors (Lipinski definition) is 1. The highest BCUT2D eigenvalue weighted by atomic mass is 15.1. The zero-order chi connectivity index (χ0) is 12.4. The normalized spacial score (nSPS) is 13.7. The number of fused-ring (bicyclic) bond motifs is 2. The lowest BCUT2D eigenvalue weighted by atomic mass is 10.0. The molecule has 0 aromatic heterocycles. The predicted molar refractivity (Wildman–Crippen MR) is 77.3 cm³/mol. The summed E-state index contributed by atoms with van der Waals surface area (Å²) in [4.78, 5) is 2.42. The highest BCUT2D eigenvalue weighted by molar-refractivity contribution is 5.71. The quantitative estimate of drug-likeness (QED) is 0.757. The van der Waals surface area contributed by atoms with E-state index in [0.29, 0.717) is 0 Å². The maximum Gasteiger partial charge on any atom is 0.0443 e. The zero-order valence-electron chi connectivity index (χ0n) is 10.6. The van der Waals surface area contributed by atoms with Crippen LogP contribution in [0.1, 0.15) is 17.5 Å². The molecule has 2 aromatic rings. The second-order valence-electron chi connectivity index (χ2n) is 4.76. The molecule has 0 fully saturated rings. The standard InChI is InChI=1S/C17H18N/c1-2-13-18-16-9-5-3-7-14(16)11-12-15-8-4-6-10-17(15)18/h3-10H,1-2,11-13H2. The molecular weight excluding hydrogens is 218 g/mol. The van der Waals surface area contributed by atoms with E-state index in [-0.39, 0.29) is 0 Å². The van der Waals surface area contributed by atoms with Gasteiger partial charge in [-0.15, -0.1) is 0 Å². The van der Waals surface area contributed by atoms with Gasteiger partial charge >= 0.3 is 0 Å². The number of anilines is 2. The molecule has 0 unspecified atom stereocenters. The second kappa shape index (κ2) is 4.85. The van der Waals surface area contributed by atoms with Crippen LogP contribution in [-0.4, -0.2) is 6.54 Å². The summed E-state index contributed by atoms with van der Waals surface area (Å²) in [5.74, 6) is 0. The van der Waals surface area contributed by atoms with Gasteiger partial charge in [-0.1, -0.05) is 43.3 Å². The van der Waals surface area contributed by atoms with Gasteiger partial charge in [0.2, 0.25) is 0 Å². The number of benzene rings is 2. The van der Waals surface area contributed by atoms with Crippen LogP contribution < -0.4 is 4.90 Å². The molecule has 0 amide bonds. The van der Waals surface area contributed by atoms with Gasteiger partial charge in [-0.3, -0.25) is 0 Å². The number of hydrogen-bond donors (Lipinski definition) is 0. The number of para-hydroxylation sites is 2. The van der Waals surface area contributed by atoms with Gasteiger partial charge in [0.05, 0.1) is 0 Å². The molecule has 18 heavy (non-hydrogen) atoms. The summed E-state index contributed by atoms with van der Waals surface area (Å²) in [6, 6.07) is 17.5. The summed E-state index contributed by atoms with van der Waals surface area (Å²) in [5.41, 5.74) is 5.60. The number of rotatable bonds is 2. The molecule has 1 radical (unpaired) electrons. The molecule has 0 bridgehead atoms. The van der Waals surface area contributed by atoms with E-state index in [0.717, 1.165) is 25.8 Å². The maximum atomic E-state index is 4.01. The van der Waals surface area contributed by atoms with Crippen molar-refractivity contribution in [2.45, 2.75) is 19.3 Å². The average Bonchev–Trinajstić information content (AvgIpc) is 2.58. The Morgan fingerprint density at radius 1 is 0.833 bits per heavy atom. The van der Waals surface area contributed by atoms with E-state index in [1.807, 2.05) is 0 Å². The Morgan fingerprint density at radius 2 is 1.33 bits per heavy atom. The van der Waals surface area contributed by atoms with E-state index >= 15 is 0 Å². The Kier molecular flexibility index (Phi) is 3.06. The molecule has 2 aromatic carbocycles. The van der Waals surface area contributed by atoms with E-state index in [1.54, 1.807) is 0 Å². The van der Waals surface area contributed by atoms with Crippen LogP contribution in [0.25, 0.3) is 0 Å². The molecule has 0 saturated carbocycles.